The van der Waals surface area contributed by atoms with Gasteiger partial charge < -0.3 is 10.6 Å². The van der Waals surface area contributed by atoms with Crippen LogP contribution in [0.25, 0.3) is 0 Å². The average Bonchev–Trinajstić information content (AvgIpc) is 2.36. The second-order valence-electron chi connectivity index (χ2n) is 6.42. The highest BCUT2D eigenvalue weighted by molar-refractivity contribution is 7.92. The molecule has 1 unspecified atom stereocenters. The smallest absolute Gasteiger partial charge is 0.242 e. The van der Waals surface area contributed by atoms with Gasteiger partial charge >= 0.3 is 0 Å². The third-order valence-corrected chi connectivity index (χ3v) is 4.43. The molecule has 122 valence electrons. The number of hydrogen-bond donors (Lipinski definition) is 3. The van der Waals surface area contributed by atoms with Crippen LogP contribution in [0.3, 0.4) is 0 Å². The molecular weight excluding hydrogens is 302 g/mol. The molecule has 0 saturated carbocycles. The van der Waals surface area contributed by atoms with Crippen molar-refractivity contribution >= 4 is 27.3 Å². The molecule has 1 saturated heterocycles. The van der Waals surface area contributed by atoms with E-state index in [1.807, 2.05) is 0 Å². The highest BCUT2D eigenvalue weighted by Crippen LogP contribution is 2.30. The summed E-state index contributed by atoms with van der Waals surface area (Å²) in [5.74, 6) is -0.0961. The Labute approximate surface area is 131 Å². The van der Waals surface area contributed by atoms with Gasteiger partial charge in [0.25, 0.3) is 0 Å². The molecular formula is C15H23N3O3S. The van der Waals surface area contributed by atoms with E-state index in [4.69, 9.17) is 0 Å². The second kappa shape index (κ2) is 6.26. The van der Waals surface area contributed by atoms with Crippen LogP contribution in [-0.2, 0) is 14.8 Å². The van der Waals surface area contributed by atoms with Crippen molar-refractivity contribution in [2.24, 2.45) is 5.41 Å². The summed E-state index contributed by atoms with van der Waals surface area (Å²) in [5, 5.41) is 6.12. The zero-order chi connectivity index (χ0) is 16.4. The number of piperidine rings is 1. The van der Waals surface area contributed by atoms with Crippen LogP contribution in [-0.4, -0.2) is 33.2 Å². The molecule has 0 spiro atoms. The minimum absolute atomic E-state index is 0.0961. The monoisotopic (exact) mass is 325 g/mol. The van der Waals surface area contributed by atoms with Crippen LogP contribution in [0, 0.1) is 5.41 Å². The van der Waals surface area contributed by atoms with Gasteiger partial charge in [0.05, 0.1) is 18.0 Å². The van der Waals surface area contributed by atoms with E-state index in [2.05, 4.69) is 29.2 Å². The number of amides is 1. The minimum Gasteiger partial charge on any atom is -0.325 e. The summed E-state index contributed by atoms with van der Waals surface area (Å²) in [6.07, 6.45) is 3.14. The standard InChI is InChI=1S/C15H23N3O3S/c1-15(2)8-5-9-16-13(15)14(19)17-11-6-4-7-12(10-11)18-22(3,20)21/h4,6-7,10,13,16,18H,5,8-9H2,1-3H3,(H,17,19). The number of carbonyl (C=O) groups is 1. The molecule has 0 aliphatic carbocycles. The summed E-state index contributed by atoms with van der Waals surface area (Å²) in [4.78, 5) is 12.5. The van der Waals surface area contributed by atoms with Crippen LogP contribution < -0.4 is 15.4 Å². The lowest BCUT2D eigenvalue weighted by Crippen LogP contribution is -2.53. The molecule has 0 aromatic heterocycles. The predicted octanol–water partition coefficient (Wildman–Crippen LogP) is 1.77. The Bertz CT molecular complexity index is 656. The van der Waals surface area contributed by atoms with E-state index in [1.54, 1.807) is 24.3 Å². The van der Waals surface area contributed by atoms with Crippen molar-refractivity contribution in [1.82, 2.24) is 5.32 Å². The molecule has 1 aromatic rings. The molecule has 1 atom stereocenters. The molecule has 3 N–H and O–H groups in total. The van der Waals surface area contributed by atoms with Gasteiger partial charge in [0, 0.05) is 5.69 Å². The van der Waals surface area contributed by atoms with Gasteiger partial charge in [-0.3, -0.25) is 9.52 Å². The molecule has 1 aromatic carbocycles. The molecule has 0 radical (unpaired) electrons. The first-order valence-corrected chi connectivity index (χ1v) is 9.19. The first kappa shape index (κ1) is 16.8. The Hall–Kier alpha value is -1.60. The Kier molecular flexibility index (Phi) is 4.77. The summed E-state index contributed by atoms with van der Waals surface area (Å²) in [6.45, 7) is 4.98. The number of sulfonamides is 1. The highest BCUT2D eigenvalue weighted by atomic mass is 32.2. The quantitative estimate of drug-likeness (QED) is 0.787. The van der Waals surface area contributed by atoms with Gasteiger partial charge in [-0.25, -0.2) is 8.42 Å². The average molecular weight is 325 g/mol. The van der Waals surface area contributed by atoms with Gasteiger partial charge in [0.1, 0.15) is 0 Å². The van der Waals surface area contributed by atoms with Gasteiger partial charge in [-0.2, -0.15) is 0 Å². The molecule has 1 aliphatic heterocycles. The van der Waals surface area contributed by atoms with E-state index in [0.717, 1.165) is 25.6 Å². The molecule has 1 aliphatic rings. The Morgan fingerprint density at radius 3 is 2.64 bits per heavy atom. The Morgan fingerprint density at radius 2 is 2.00 bits per heavy atom. The zero-order valence-corrected chi connectivity index (χ0v) is 14.0. The molecule has 1 amide bonds. The van der Waals surface area contributed by atoms with Gasteiger partial charge in [-0.15, -0.1) is 0 Å². The molecule has 1 fully saturated rings. The van der Waals surface area contributed by atoms with E-state index in [-0.39, 0.29) is 17.4 Å². The molecule has 7 heteroatoms. The molecule has 22 heavy (non-hydrogen) atoms. The van der Waals surface area contributed by atoms with Crippen LogP contribution in [0.2, 0.25) is 0 Å². The third-order valence-electron chi connectivity index (χ3n) is 3.82. The van der Waals surface area contributed by atoms with E-state index in [9.17, 15) is 13.2 Å². The molecule has 1 heterocycles. The SMILES string of the molecule is CC1(C)CCCNC1C(=O)Nc1cccc(NS(C)(=O)=O)c1. The summed E-state index contributed by atoms with van der Waals surface area (Å²) in [5.41, 5.74) is 0.892. The lowest BCUT2D eigenvalue weighted by Gasteiger charge is -2.38. The van der Waals surface area contributed by atoms with Crippen LogP contribution in [0.15, 0.2) is 24.3 Å². The summed E-state index contributed by atoms with van der Waals surface area (Å²) in [6, 6.07) is 6.42. The third kappa shape index (κ3) is 4.45. The fourth-order valence-corrected chi connectivity index (χ4v) is 3.30. The van der Waals surface area contributed by atoms with Gasteiger partial charge in [0.15, 0.2) is 0 Å². The maximum absolute atomic E-state index is 12.5. The number of nitrogens with one attached hydrogen (secondary N) is 3. The summed E-state index contributed by atoms with van der Waals surface area (Å²) in [7, 11) is -3.34. The Balaban J connectivity index is 2.10. The van der Waals surface area contributed by atoms with Crippen molar-refractivity contribution in [2.75, 3.05) is 22.8 Å². The largest absolute Gasteiger partial charge is 0.325 e. The van der Waals surface area contributed by atoms with Crippen LogP contribution >= 0.6 is 0 Å². The number of anilines is 2. The van der Waals surface area contributed by atoms with E-state index < -0.39 is 10.0 Å². The first-order chi connectivity index (χ1) is 10.2. The first-order valence-electron chi connectivity index (χ1n) is 7.29. The maximum Gasteiger partial charge on any atom is 0.242 e. The highest BCUT2D eigenvalue weighted by Gasteiger charge is 2.37. The van der Waals surface area contributed by atoms with E-state index in [0.29, 0.717) is 11.4 Å². The number of hydrogen-bond acceptors (Lipinski definition) is 4. The van der Waals surface area contributed by atoms with Crippen molar-refractivity contribution in [2.45, 2.75) is 32.7 Å². The molecule has 0 bridgehead atoms. The summed E-state index contributed by atoms with van der Waals surface area (Å²) < 4.78 is 24.9. The van der Waals surface area contributed by atoms with Crippen LogP contribution in [0.1, 0.15) is 26.7 Å². The number of rotatable bonds is 4. The Morgan fingerprint density at radius 1 is 1.32 bits per heavy atom. The summed E-state index contributed by atoms with van der Waals surface area (Å²) >= 11 is 0. The van der Waals surface area contributed by atoms with E-state index >= 15 is 0 Å². The zero-order valence-electron chi connectivity index (χ0n) is 13.1. The number of carbonyl (C=O) groups excluding carboxylic acids is 1. The number of benzene rings is 1. The van der Waals surface area contributed by atoms with Crippen molar-refractivity contribution in [1.29, 1.82) is 0 Å². The van der Waals surface area contributed by atoms with Crippen molar-refractivity contribution in [3.8, 4) is 0 Å². The van der Waals surface area contributed by atoms with Crippen LogP contribution in [0.4, 0.5) is 11.4 Å². The fraction of sp³-hybridized carbons (Fsp3) is 0.533. The fourth-order valence-electron chi connectivity index (χ4n) is 2.75. The lowest BCUT2D eigenvalue weighted by molar-refractivity contribution is -0.121. The predicted molar refractivity (Wildman–Crippen MR) is 88.3 cm³/mol. The normalized spacial score (nSPS) is 21.1. The van der Waals surface area contributed by atoms with Crippen molar-refractivity contribution < 1.29 is 13.2 Å². The van der Waals surface area contributed by atoms with Gasteiger partial charge in [-0.1, -0.05) is 19.9 Å². The topological polar surface area (TPSA) is 87.3 Å². The van der Waals surface area contributed by atoms with Gasteiger partial charge in [-0.05, 0) is 43.0 Å². The second-order valence-corrected chi connectivity index (χ2v) is 8.17. The minimum atomic E-state index is -3.34. The molecule has 2 rings (SSSR count). The van der Waals surface area contributed by atoms with Crippen LogP contribution in [0.5, 0.6) is 0 Å². The lowest BCUT2D eigenvalue weighted by atomic mass is 9.77. The van der Waals surface area contributed by atoms with E-state index in [1.165, 1.54) is 0 Å². The van der Waals surface area contributed by atoms with Crippen molar-refractivity contribution in [3.63, 3.8) is 0 Å². The maximum atomic E-state index is 12.5. The van der Waals surface area contributed by atoms with Gasteiger partial charge in [0.2, 0.25) is 15.9 Å². The van der Waals surface area contributed by atoms with Crippen molar-refractivity contribution in [3.05, 3.63) is 24.3 Å². The molecule has 6 nitrogen and oxygen atoms in total.